The third-order valence-corrected chi connectivity index (χ3v) is 3.10. The second-order valence-corrected chi connectivity index (χ2v) is 4.62. The van der Waals surface area contributed by atoms with Crippen molar-refractivity contribution >= 4 is 5.91 Å². The van der Waals surface area contributed by atoms with Crippen molar-refractivity contribution in [2.45, 2.75) is 51.6 Å². The summed E-state index contributed by atoms with van der Waals surface area (Å²) in [5, 5.41) is 9.71. The number of hydrogen-bond acceptors (Lipinski definition) is 3. The van der Waals surface area contributed by atoms with Crippen molar-refractivity contribution in [2.75, 3.05) is 19.6 Å². The van der Waals surface area contributed by atoms with Crippen molar-refractivity contribution in [3.05, 3.63) is 0 Å². The molecule has 1 fully saturated rings. The first-order valence-electron chi connectivity index (χ1n) is 6.45. The van der Waals surface area contributed by atoms with E-state index in [9.17, 15) is 4.79 Å². The molecule has 0 aromatic rings. The largest absolute Gasteiger partial charge is 0.354 e. The van der Waals surface area contributed by atoms with Crippen LogP contribution in [0.3, 0.4) is 0 Å². The summed E-state index contributed by atoms with van der Waals surface area (Å²) < 4.78 is 0. The van der Waals surface area contributed by atoms with Crippen LogP contribution in [0.5, 0.6) is 0 Å². The fraction of sp³-hybridized carbons (Fsp3) is 0.917. The molecule has 0 bridgehead atoms. The highest BCUT2D eigenvalue weighted by Gasteiger charge is 2.13. The van der Waals surface area contributed by atoms with Gasteiger partial charge < -0.3 is 16.0 Å². The van der Waals surface area contributed by atoms with Crippen LogP contribution in [-0.2, 0) is 4.79 Å². The average molecular weight is 227 g/mol. The lowest BCUT2D eigenvalue weighted by atomic mass is 10.2. The molecule has 1 rings (SSSR count). The highest BCUT2D eigenvalue weighted by molar-refractivity contribution is 5.76. The lowest BCUT2D eigenvalue weighted by Crippen LogP contribution is -2.37. The molecule has 4 nitrogen and oxygen atoms in total. The van der Waals surface area contributed by atoms with Gasteiger partial charge in [-0.15, -0.1) is 0 Å². The molecule has 0 aromatic carbocycles. The number of carbonyl (C=O) groups excluding carboxylic acids is 1. The second kappa shape index (κ2) is 7.63. The monoisotopic (exact) mass is 227 g/mol. The van der Waals surface area contributed by atoms with Crippen LogP contribution in [0.2, 0.25) is 0 Å². The van der Waals surface area contributed by atoms with Crippen LogP contribution in [0, 0.1) is 0 Å². The van der Waals surface area contributed by atoms with E-state index in [4.69, 9.17) is 0 Å². The van der Waals surface area contributed by atoms with Gasteiger partial charge in [0.25, 0.3) is 0 Å². The fourth-order valence-corrected chi connectivity index (χ4v) is 1.86. The summed E-state index contributed by atoms with van der Waals surface area (Å²) in [7, 11) is 0. The maximum atomic E-state index is 11.4. The summed E-state index contributed by atoms with van der Waals surface area (Å²) >= 11 is 0. The van der Waals surface area contributed by atoms with Crippen LogP contribution in [0.1, 0.15) is 39.5 Å². The van der Waals surface area contributed by atoms with E-state index in [0.29, 0.717) is 18.5 Å². The van der Waals surface area contributed by atoms with Crippen molar-refractivity contribution in [3.63, 3.8) is 0 Å². The minimum atomic E-state index is 0.154. The lowest BCUT2D eigenvalue weighted by molar-refractivity contribution is -0.121. The number of rotatable bonds is 7. The summed E-state index contributed by atoms with van der Waals surface area (Å²) in [5.74, 6) is 0.154. The van der Waals surface area contributed by atoms with Crippen LogP contribution < -0.4 is 16.0 Å². The molecule has 4 heteroatoms. The highest BCUT2D eigenvalue weighted by Crippen LogP contribution is 2.02. The molecule has 2 unspecified atom stereocenters. The molecule has 0 saturated carbocycles. The number of nitrogens with one attached hydrogen (secondary N) is 3. The van der Waals surface area contributed by atoms with E-state index in [-0.39, 0.29) is 5.91 Å². The Bertz CT molecular complexity index is 202. The SMILES string of the molecule is CCC(C)NC(=O)CCNCC1CCCN1. The lowest BCUT2D eigenvalue weighted by Gasteiger charge is -2.13. The molecular weight excluding hydrogens is 202 g/mol. The van der Waals surface area contributed by atoms with Crippen molar-refractivity contribution in [3.8, 4) is 0 Å². The van der Waals surface area contributed by atoms with Crippen LogP contribution in [0.15, 0.2) is 0 Å². The molecule has 1 aliphatic rings. The number of carbonyl (C=O) groups is 1. The van der Waals surface area contributed by atoms with E-state index >= 15 is 0 Å². The maximum Gasteiger partial charge on any atom is 0.221 e. The Balaban J connectivity index is 1.95. The third-order valence-electron chi connectivity index (χ3n) is 3.10. The summed E-state index contributed by atoms with van der Waals surface area (Å²) in [4.78, 5) is 11.4. The summed E-state index contributed by atoms with van der Waals surface area (Å²) in [5.41, 5.74) is 0. The Morgan fingerprint density at radius 2 is 2.38 bits per heavy atom. The molecule has 1 aliphatic heterocycles. The first-order chi connectivity index (χ1) is 7.72. The molecule has 2 atom stereocenters. The predicted octanol–water partition coefficient (Wildman–Crippen LogP) is 0.633. The van der Waals surface area contributed by atoms with E-state index in [1.54, 1.807) is 0 Å². The van der Waals surface area contributed by atoms with Gasteiger partial charge in [0.05, 0.1) is 0 Å². The first kappa shape index (κ1) is 13.5. The molecule has 94 valence electrons. The molecule has 0 aliphatic carbocycles. The molecule has 0 radical (unpaired) electrons. The topological polar surface area (TPSA) is 53.2 Å². The minimum absolute atomic E-state index is 0.154. The minimum Gasteiger partial charge on any atom is -0.354 e. The van der Waals surface area contributed by atoms with Crippen LogP contribution in [0.4, 0.5) is 0 Å². The molecule has 0 spiro atoms. The van der Waals surface area contributed by atoms with E-state index < -0.39 is 0 Å². The van der Waals surface area contributed by atoms with Gasteiger partial charge >= 0.3 is 0 Å². The number of hydrogen-bond donors (Lipinski definition) is 3. The summed E-state index contributed by atoms with van der Waals surface area (Å²) in [6.45, 7) is 7.01. The van der Waals surface area contributed by atoms with Gasteiger partial charge in [0.1, 0.15) is 0 Å². The molecule has 1 heterocycles. The summed E-state index contributed by atoms with van der Waals surface area (Å²) in [6, 6.07) is 0.904. The van der Waals surface area contributed by atoms with E-state index in [1.807, 2.05) is 6.92 Å². The van der Waals surface area contributed by atoms with Gasteiger partial charge in [0.2, 0.25) is 5.91 Å². The Labute approximate surface area is 98.6 Å². The Kier molecular flexibility index (Phi) is 6.42. The van der Waals surface area contributed by atoms with Crippen molar-refractivity contribution in [2.24, 2.45) is 0 Å². The molecule has 1 amide bonds. The number of amides is 1. The maximum absolute atomic E-state index is 11.4. The Hall–Kier alpha value is -0.610. The van der Waals surface area contributed by atoms with Crippen LogP contribution >= 0.6 is 0 Å². The molecule has 3 N–H and O–H groups in total. The molecule has 0 aromatic heterocycles. The standard InChI is InChI=1S/C12H25N3O/c1-3-10(2)15-12(16)6-8-13-9-11-5-4-7-14-11/h10-11,13-14H,3-9H2,1-2H3,(H,15,16). The van der Waals surface area contributed by atoms with Gasteiger partial charge in [-0.05, 0) is 32.7 Å². The van der Waals surface area contributed by atoms with Crippen molar-refractivity contribution in [1.82, 2.24) is 16.0 Å². The van der Waals surface area contributed by atoms with Crippen LogP contribution in [0.25, 0.3) is 0 Å². The summed E-state index contributed by atoms with van der Waals surface area (Å²) in [6.07, 6.45) is 4.11. The van der Waals surface area contributed by atoms with Gasteiger partial charge in [0, 0.05) is 31.6 Å². The van der Waals surface area contributed by atoms with Crippen molar-refractivity contribution < 1.29 is 4.79 Å². The molecule has 1 saturated heterocycles. The molecular formula is C12H25N3O. The highest BCUT2D eigenvalue weighted by atomic mass is 16.1. The quantitative estimate of drug-likeness (QED) is 0.559. The average Bonchev–Trinajstić information content (AvgIpc) is 2.77. The van der Waals surface area contributed by atoms with E-state index in [2.05, 4.69) is 22.9 Å². The zero-order valence-corrected chi connectivity index (χ0v) is 10.5. The van der Waals surface area contributed by atoms with E-state index in [0.717, 1.165) is 26.1 Å². The normalized spacial score (nSPS) is 22.0. The van der Waals surface area contributed by atoms with E-state index in [1.165, 1.54) is 12.8 Å². The zero-order valence-electron chi connectivity index (χ0n) is 10.5. The zero-order chi connectivity index (χ0) is 11.8. The second-order valence-electron chi connectivity index (χ2n) is 4.62. The first-order valence-corrected chi connectivity index (χ1v) is 6.45. The van der Waals surface area contributed by atoms with Crippen LogP contribution in [-0.4, -0.2) is 37.6 Å². The third kappa shape index (κ3) is 5.47. The Morgan fingerprint density at radius 3 is 3.00 bits per heavy atom. The fourth-order valence-electron chi connectivity index (χ4n) is 1.86. The van der Waals surface area contributed by atoms with Gasteiger partial charge in [-0.25, -0.2) is 0 Å². The predicted molar refractivity (Wildman–Crippen MR) is 66.4 cm³/mol. The van der Waals surface area contributed by atoms with Gasteiger partial charge in [-0.3, -0.25) is 4.79 Å². The van der Waals surface area contributed by atoms with Gasteiger partial charge in [-0.1, -0.05) is 6.92 Å². The Morgan fingerprint density at radius 1 is 1.56 bits per heavy atom. The van der Waals surface area contributed by atoms with Crippen molar-refractivity contribution in [1.29, 1.82) is 0 Å². The van der Waals surface area contributed by atoms with Gasteiger partial charge in [0.15, 0.2) is 0 Å². The molecule has 16 heavy (non-hydrogen) atoms. The van der Waals surface area contributed by atoms with Gasteiger partial charge in [-0.2, -0.15) is 0 Å². The smallest absolute Gasteiger partial charge is 0.221 e.